The lowest BCUT2D eigenvalue weighted by Crippen LogP contribution is -2.21. The first-order valence-electron chi connectivity index (χ1n) is 6.72. The Morgan fingerprint density at radius 3 is 2.69 bits per heavy atom. The van der Waals surface area contributed by atoms with Crippen molar-refractivity contribution in [1.82, 2.24) is 5.32 Å². The molecule has 0 amide bonds. The molecule has 3 heteroatoms. The van der Waals surface area contributed by atoms with Crippen molar-refractivity contribution in [2.45, 2.75) is 64.3 Å². The van der Waals surface area contributed by atoms with Gasteiger partial charge in [0.2, 0.25) is 0 Å². The first-order chi connectivity index (χ1) is 7.83. The molecule has 0 saturated heterocycles. The second kappa shape index (κ2) is 8.57. The molecule has 0 spiro atoms. The third-order valence-corrected chi connectivity index (χ3v) is 2.85. The summed E-state index contributed by atoms with van der Waals surface area (Å²) in [5, 5.41) is 3.30. The highest BCUT2D eigenvalue weighted by Gasteiger charge is 2.20. The van der Waals surface area contributed by atoms with Gasteiger partial charge in [-0.3, -0.25) is 4.79 Å². The molecule has 1 aliphatic carbocycles. The molecule has 0 aromatic rings. The molecule has 1 N–H and O–H groups in total. The van der Waals surface area contributed by atoms with Crippen LogP contribution in [0, 0.1) is 0 Å². The van der Waals surface area contributed by atoms with Crippen LogP contribution in [0.2, 0.25) is 0 Å². The van der Waals surface area contributed by atoms with Gasteiger partial charge < -0.3 is 10.1 Å². The molecule has 0 unspecified atom stereocenters. The number of nitrogens with one attached hydrogen (secondary N) is 1. The molecule has 0 aromatic heterocycles. The Balaban J connectivity index is 1.78. The average Bonchev–Trinajstić information content (AvgIpc) is 3.07. The lowest BCUT2D eigenvalue weighted by atomic mass is 10.2. The van der Waals surface area contributed by atoms with Crippen molar-refractivity contribution in [3.05, 3.63) is 0 Å². The van der Waals surface area contributed by atoms with Crippen LogP contribution in [0.5, 0.6) is 0 Å². The van der Waals surface area contributed by atoms with Crippen LogP contribution in [0.25, 0.3) is 0 Å². The summed E-state index contributed by atoms with van der Waals surface area (Å²) in [7, 11) is 0. The van der Waals surface area contributed by atoms with Crippen LogP contribution in [0.4, 0.5) is 0 Å². The van der Waals surface area contributed by atoms with Crippen molar-refractivity contribution in [2.75, 3.05) is 13.2 Å². The highest BCUT2D eigenvalue weighted by atomic mass is 16.5. The summed E-state index contributed by atoms with van der Waals surface area (Å²) >= 11 is 0. The van der Waals surface area contributed by atoms with Crippen LogP contribution < -0.4 is 5.32 Å². The minimum Gasteiger partial charge on any atom is -0.466 e. The molecule has 1 rings (SSSR count). The van der Waals surface area contributed by atoms with Crippen LogP contribution >= 0.6 is 0 Å². The second-order valence-corrected chi connectivity index (χ2v) is 4.61. The number of unbranched alkanes of at least 4 members (excludes halogenated alkanes) is 4. The second-order valence-electron chi connectivity index (χ2n) is 4.61. The van der Waals surface area contributed by atoms with Gasteiger partial charge in [0.15, 0.2) is 0 Å². The highest BCUT2D eigenvalue weighted by molar-refractivity contribution is 5.69. The highest BCUT2D eigenvalue weighted by Crippen LogP contribution is 2.18. The monoisotopic (exact) mass is 227 g/mol. The van der Waals surface area contributed by atoms with Gasteiger partial charge in [-0.15, -0.1) is 0 Å². The fourth-order valence-electron chi connectivity index (χ4n) is 1.63. The summed E-state index contributed by atoms with van der Waals surface area (Å²) in [6.07, 6.45) is 9.07. The molecule has 0 atom stereocenters. The van der Waals surface area contributed by atoms with Crippen LogP contribution in [0.3, 0.4) is 0 Å². The van der Waals surface area contributed by atoms with E-state index in [1.807, 2.05) is 0 Å². The topological polar surface area (TPSA) is 38.3 Å². The predicted molar refractivity (Wildman–Crippen MR) is 65.4 cm³/mol. The third kappa shape index (κ3) is 7.69. The molecule has 16 heavy (non-hydrogen) atoms. The molecule has 1 saturated carbocycles. The van der Waals surface area contributed by atoms with Crippen molar-refractivity contribution in [3.8, 4) is 0 Å². The van der Waals surface area contributed by atoms with E-state index in [-0.39, 0.29) is 5.97 Å². The maximum absolute atomic E-state index is 11.3. The van der Waals surface area contributed by atoms with Crippen LogP contribution in [0.15, 0.2) is 0 Å². The molecule has 0 bridgehead atoms. The van der Waals surface area contributed by atoms with Gasteiger partial charge >= 0.3 is 5.97 Å². The van der Waals surface area contributed by atoms with Gasteiger partial charge in [0.05, 0.1) is 13.0 Å². The van der Waals surface area contributed by atoms with Crippen LogP contribution in [-0.2, 0) is 9.53 Å². The summed E-state index contributed by atoms with van der Waals surface area (Å²) in [6.45, 7) is 3.58. The number of carbonyl (C=O) groups is 1. The SMILES string of the molecule is CCCCCCCOC(=O)CCNC1CC1. The third-order valence-electron chi connectivity index (χ3n) is 2.85. The first kappa shape index (κ1) is 13.5. The minimum atomic E-state index is -0.0522. The first-order valence-corrected chi connectivity index (χ1v) is 6.72. The Kier molecular flexibility index (Phi) is 7.23. The predicted octanol–water partition coefficient (Wildman–Crippen LogP) is 2.64. The van der Waals surface area contributed by atoms with Crippen molar-refractivity contribution < 1.29 is 9.53 Å². The maximum atomic E-state index is 11.3. The lowest BCUT2D eigenvalue weighted by Gasteiger charge is -2.05. The number of hydrogen-bond donors (Lipinski definition) is 1. The zero-order chi connectivity index (χ0) is 11.6. The zero-order valence-electron chi connectivity index (χ0n) is 10.5. The maximum Gasteiger partial charge on any atom is 0.307 e. The van der Waals surface area contributed by atoms with Crippen molar-refractivity contribution in [1.29, 1.82) is 0 Å². The Bertz CT molecular complexity index is 190. The summed E-state index contributed by atoms with van der Waals surface area (Å²) < 4.78 is 5.15. The van der Waals surface area contributed by atoms with Gasteiger partial charge in [-0.2, -0.15) is 0 Å². The van der Waals surface area contributed by atoms with E-state index in [4.69, 9.17) is 4.74 Å². The number of carbonyl (C=O) groups excluding carboxylic acids is 1. The molecular formula is C13H25NO2. The van der Waals surface area contributed by atoms with Gasteiger partial charge in [-0.05, 0) is 19.3 Å². The zero-order valence-corrected chi connectivity index (χ0v) is 10.5. The summed E-state index contributed by atoms with van der Waals surface area (Å²) in [4.78, 5) is 11.3. The van der Waals surface area contributed by atoms with E-state index in [1.165, 1.54) is 38.5 Å². The normalized spacial score (nSPS) is 15.1. The van der Waals surface area contributed by atoms with Gasteiger partial charge in [0.25, 0.3) is 0 Å². The molecule has 94 valence electrons. The van der Waals surface area contributed by atoms with E-state index in [0.717, 1.165) is 13.0 Å². The van der Waals surface area contributed by atoms with Crippen molar-refractivity contribution in [2.24, 2.45) is 0 Å². The van der Waals surface area contributed by atoms with E-state index in [9.17, 15) is 4.79 Å². The molecule has 1 aliphatic rings. The summed E-state index contributed by atoms with van der Waals surface area (Å²) in [6, 6.07) is 0.682. The minimum absolute atomic E-state index is 0.0522. The molecule has 0 radical (unpaired) electrons. The lowest BCUT2D eigenvalue weighted by molar-refractivity contribution is -0.143. The van der Waals surface area contributed by atoms with Crippen LogP contribution in [0.1, 0.15) is 58.3 Å². The van der Waals surface area contributed by atoms with Gasteiger partial charge in [0.1, 0.15) is 0 Å². The standard InChI is InChI=1S/C13H25NO2/c1-2-3-4-5-6-11-16-13(15)9-10-14-12-7-8-12/h12,14H,2-11H2,1H3. The molecule has 3 nitrogen and oxygen atoms in total. The van der Waals surface area contributed by atoms with E-state index in [1.54, 1.807) is 0 Å². The van der Waals surface area contributed by atoms with Crippen molar-refractivity contribution in [3.63, 3.8) is 0 Å². The Morgan fingerprint density at radius 1 is 1.25 bits per heavy atom. The van der Waals surface area contributed by atoms with Crippen molar-refractivity contribution >= 4 is 5.97 Å². The van der Waals surface area contributed by atoms with Crippen LogP contribution in [-0.4, -0.2) is 25.2 Å². The summed E-state index contributed by atoms with van der Waals surface area (Å²) in [5.41, 5.74) is 0. The molecule has 0 aliphatic heterocycles. The van der Waals surface area contributed by atoms with E-state index in [0.29, 0.717) is 19.1 Å². The molecule has 0 aromatic carbocycles. The van der Waals surface area contributed by atoms with Gasteiger partial charge in [0, 0.05) is 12.6 Å². The van der Waals surface area contributed by atoms with E-state index < -0.39 is 0 Å². The fraction of sp³-hybridized carbons (Fsp3) is 0.923. The number of rotatable bonds is 10. The quantitative estimate of drug-likeness (QED) is 0.460. The Morgan fingerprint density at radius 2 is 2.00 bits per heavy atom. The Hall–Kier alpha value is -0.570. The largest absolute Gasteiger partial charge is 0.466 e. The van der Waals surface area contributed by atoms with E-state index >= 15 is 0 Å². The van der Waals surface area contributed by atoms with E-state index in [2.05, 4.69) is 12.2 Å². The van der Waals surface area contributed by atoms with Gasteiger partial charge in [-0.25, -0.2) is 0 Å². The molecule has 0 heterocycles. The molecular weight excluding hydrogens is 202 g/mol. The summed E-state index contributed by atoms with van der Waals surface area (Å²) in [5.74, 6) is -0.0522. The average molecular weight is 227 g/mol. The fourth-order valence-corrected chi connectivity index (χ4v) is 1.63. The smallest absolute Gasteiger partial charge is 0.307 e. The van der Waals surface area contributed by atoms with Gasteiger partial charge in [-0.1, -0.05) is 32.6 Å². The number of hydrogen-bond acceptors (Lipinski definition) is 3. The molecule has 1 fully saturated rings. The number of esters is 1. The Labute approximate surface area is 98.9 Å². The number of ether oxygens (including phenoxy) is 1.